The average Bonchev–Trinajstić information content (AvgIpc) is 3.13. The number of ketones is 1. The Balaban J connectivity index is 1.68. The highest BCUT2D eigenvalue weighted by Crippen LogP contribution is 2.36. The maximum atomic E-state index is 12.3. The lowest BCUT2D eigenvalue weighted by molar-refractivity contribution is -0.385. The van der Waals surface area contributed by atoms with E-state index >= 15 is 0 Å². The van der Waals surface area contributed by atoms with Gasteiger partial charge in [0.15, 0.2) is 11.5 Å². The molecule has 0 bridgehead atoms. The van der Waals surface area contributed by atoms with E-state index in [1.807, 2.05) is 0 Å². The molecule has 0 spiro atoms. The number of nitrogens with zero attached hydrogens (tertiary/aromatic N) is 1. The lowest BCUT2D eigenvalue weighted by Gasteiger charge is -2.08. The van der Waals surface area contributed by atoms with Gasteiger partial charge in [-0.2, -0.15) is 0 Å². The molecule has 9 heteroatoms. The van der Waals surface area contributed by atoms with Crippen LogP contribution in [-0.4, -0.2) is 10.7 Å². The fraction of sp³-hybridized carbons (Fsp3) is 0.0500. The van der Waals surface area contributed by atoms with Gasteiger partial charge < -0.3 is 9.15 Å². The number of ether oxygens (including phenoxy) is 1. The molecule has 0 fully saturated rings. The van der Waals surface area contributed by atoms with E-state index in [9.17, 15) is 14.9 Å². The van der Waals surface area contributed by atoms with E-state index in [-0.39, 0.29) is 33.7 Å². The number of rotatable bonds is 7. The molecule has 3 aromatic rings. The Labute approximate surface area is 180 Å². The van der Waals surface area contributed by atoms with Crippen LogP contribution in [0.2, 0.25) is 15.1 Å². The summed E-state index contributed by atoms with van der Waals surface area (Å²) in [6.07, 6.45) is 2.63. The number of furan rings is 1. The number of allylic oxidation sites excluding steroid dienone is 1. The number of carbonyl (C=O) groups is 1. The van der Waals surface area contributed by atoms with E-state index in [1.165, 1.54) is 42.5 Å². The molecular formula is C20H12Cl3NO5. The fourth-order valence-electron chi connectivity index (χ4n) is 2.46. The summed E-state index contributed by atoms with van der Waals surface area (Å²) in [5, 5.41) is 12.0. The minimum absolute atomic E-state index is 0.00381. The highest BCUT2D eigenvalue weighted by atomic mass is 35.5. The van der Waals surface area contributed by atoms with Crippen LogP contribution in [0.3, 0.4) is 0 Å². The Morgan fingerprint density at radius 1 is 1.10 bits per heavy atom. The van der Waals surface area contributed by atoms with Crippen molar-refractivity contribution in [3.05, 3.63) is 96.9 Å². The van der Waals surface area contributed by atoms with Crippen molar-refractivity contribution in [3.63, 3.8) is 0 Å². The van der Waals surface area contributed by atoms with Crippen LogP contribution in [0.15, 0.2) is 59.0 Å². The van der Waals surface area contributed by atoms with E-state index < -0.39 is 10.7 Å². The van der Waals surface area contributed by atoms with Crippen LogP contribution < -0.4 is 4.74 Å². The number of halogens is 3. The second-order valence-electron chi connectivity index (χ2n) is 5.76. The summed E-state index contributed by atoms with van der Waals surface area (Å²) in [5.74, 6) is 0.609. The maximum Gasteiger partial charge on any atom is 0.280 e. The zero-order valence-corrected chi connectivity index (χ0v) is 16.9. The second-order valence-corrected chi connectivity index (χ2v) is 7.01. The van der Waals surface area contributed by atoms with E-state index in [0.717, 1.165) is 0 Å². The van der Waals surface area contributed by atoms with E-state index in [0.29, 0.717) is 16.5 Å². The molecule has 0 aliphatic heterocycles. The smallest absolute Gasteiger partial charge is 0.280 e. The van der Waals surface area contributed by atoms with Crippen molar-refractivity contribution in [2.24, 2.45) is 0 Å². The molecule has 0 N–H and O–H groups in total. The lowest BCUT2D eigenvalue weighted by atomic mass is 10.1. The molecule has 0 aliphatic rings. The third-order valence-electron chi connectivity index (χ3n) is 3.77. The largest absolute Gasteiger partial charge is 0.483 e. The Morgan fingerprint density at radius 3 is 2.48 bits per heavy atom. The van der Waals surface area contributed by atoms with Crippen LogP contribution in [0.4, 0.5) is 5.69 Å². The molecule has 0 radical (unpaired) electrons. The number of hydrogen-bond donors (Lipinski definition) is 0. The van der Waals surface area contributed by atoms with Crippen molar-refractivity contribution < 1.29 is 18.9 Å². The summed E-state index contributed by atoms with van der Waals surface area (Å²) in [4.78, 5) is 22.7. The molecule has 29 heavy (non-hydrogen) atoms. The molecule has 1 aromatic heterocycles. The Hall–Kier alpha value is -2.80. The number of hydrogen-bond acceptors (Lipinski definition) is 5. The third-order valence-corrected chi connectivity index (χ3v) is 4.55. The van der Waals surface area contributed by atoms with E-state index in [4.69, 9.17) is 44.0 Å². The number of nitro groups is 1. The number of para-hydroxylation sites is 1. The molecule has 0 aliphatic carbocycles. The molecule has 0 atom stereocenters. The number of nitro benzene ring substituents is 1. The van der Waals surface area contributed by atoms with Gasteiger partial charge in [-0.3, -0.25) is 14.9 Å². The van der Waals surface area contributed by atoms with Crippen molar-refractivity contribution >= 4 is 52.3 Å². The van der Waals surface area contributed by atoms with Crippen molar-refractivity contribution in [1.82, 2.24) is 0 Å². The van der Waals surface area contributed by atoms with Crippen LogP contribution in [0.25, 0.3) is 6.08 Å². The Kier molecular flexibility index (Phi) is 6.59. The summed E-state index contributed by atoms with van der Waals surface area (Å²) < 4.78 is 11.1. The van der Waals surface area contributed by atoms with Crippen molar-refractivity contribution in [3.8, 4) is 5.75 Å². The first-order chi connectivity index (χ1) is 13.8. The molecule has 3 rings (SSSR count). The molecule has 2 aromatic carbocycles. The molecule has 0 unspecified atom stereocenters. The van der Waals surface area contributed by atoms with Gasteiger partial charge in [-0.25, -0.2) is 0 Å². The third kappa shape index (κ3) is 5.17. The summed E-state index contributed by atoms with van der Waals surface area (Å²) in [5.41, 5.74) is -0.261. The molecular weight excluding hydrogens is 441 g/mol. The number of carbonyl (C=O) groups excluding carboxylic acids is 1. The molecule has 0 saturated heterocycles. The van der Waals surface area contributed by atoms with Gasteiger partial charge in [-0.05, 0) is 42.5 Å². The zero-order chi connectivity index (χ0) is 21.0. The van der Waals surface area contributed by atoms with Gasteiger partial charge in [-0.1, -0.05) is 46.9 Å². The highest BCUT2D eigenvalue weighted by molar-refractivity contribution is 6.40. The molecule has 0 saturated carbocycles. The quantitative estimate of drug-likeness (QED) is 0.174. The van der Waals surface area contributed by atoms with Gasteiger partial charge in [0.2, 0.25) is 0 Å². The topological polar surface area (TPSA) is 82.6 Å². The van der Waals surface area contributed by atoms with Gasteiger partial charge in [0.05, 0.1) is 20.5 Å². The van der Waals surface area contributed by atoms with E-state index in [1.54, 1.807) is 18.2 Å². The Morgan fingerprint density at radius 2 is 1.79 bits per heavy atom. The standard InChI is InChI=1S/C20H12Cl3NO5/c21-12-9-16(22)20(17(23)10-12)28-11-14-6-5-13(29-14)7-8-19(25)15-3-1-2-4-18(15)24(26)27/h1-10H,11H2/b8-7+. The zero-order valence-electron chi connectivity index (χ0n) is 14.6. The van der Waals surface area contributed by atoms with Crippen molar-refractivity contribution in [2.75, 3.05) is 0 Å². The number of benzene rings is 2. The maximum absolute atomic E-state index is 12.3. The minimum Gasteiger partial charge on any atom is -0.483 e. The second kappa shape index (κ2) is 9.13. The van der Waals surface area contributed by atoms with Crippen LogP contribution in [-0.2, 0) is 6.61 Å². The van der Waals surface area contributed by atoms with Crippen LogP contribution in [0, 0.1) is 10.1 Å². The molecule has 0 amide bonds. The molecule has 6 nitrogen and oxygen atoms in total. The van der Waals surface area contributed by atoms with Crippen LogP contribution in [0.1, 0.15) is 21.9 Å². The average molecular weight is 453 g/mol. The first-order valence-corrected chi connectivity index (χ1v) is 9.30. The van der Waals surface area contributed by atoms with Gasteiger partial charge in [0.25, 0.3) is 5.69 Å². The van der Waals surface area contributed by atoms with Gasteiger partial charge >= 0.3 is 0 Å². The van der Waals surface area contributed by atoms with Crippen LogP contribution >= 0.6 is 34.8 Å². The van der Waals surface area contributed by atoms with Crippen molar-refractivity contribution in [2.45, 2.75) is 6.61 Å². The normalized spacial score (nSPS) is 11.0. The van der Waals surface area contributed by atoms with Gasteiger partial charge in [-0.15, -0.1) is 0 Å². The summed E-state index contributed by atoms with van der Waals surface area (Å²) in [7, 11) is 0. The first-order valence-electron chi connectivity index (χ1n) is 8.17. The Bertz CT molecular complexity index is 1080. The summed E-state index contributed by atoms with van der Waals surface area (Å²) in [6, 6.07) is 12.0. The summed E-state index contributed by atoms with van der Waals surface area (Å²) in [6.45, 7) is 0.0486. The van der Waals surface area contributed by atoms with Crippen LogP contribution in [0.5, 0.6) is 5.75 Å². The minimum atomic E-state index is -0.601. The molecule has 148 valence electrons. The fourth-order valence-corrected chi connectivity index (χ4v) is 3.39. The van der Waals surface area contributed by atoms with Gasteiger partial charge in [0, 0.05) is 11.1 Å². The summed E-state index contributed by atoms with van der Waals surface area (Å²) >= 11 is 18.0. The van der Waals surface area contributed by atoms with Gasteiger partial charge in [0.1, 0.15) is 18.1 Å². The lowest BCUT2D eigenvalue weighted by Crippen LogP contribution is -2.00. The SMILES string of the molecule is O=C(/C=C/c1ccc(COc2c(Cl)cc(Cl)cc2Cl)o1)c1ccccc1[N+](=O)[O-]. The molecule has 1 heterocycles. The first kappa shape index (κ1) is 20.9. The highest BCUT2D eigenvalue weighted by Gasteiger charge is 2.17. The van der Waals surface area contributed by atoms with Crippen molar-refractivity contribution in [1.29, 1.82) is 0 Å². The predicted molar refractivity (Wildman–Crippen MR) is 111 cm³/mol. The predicted octanol–water partition coefficient (Wildman–Crippen LogP) is 6.62. The van der Waals surface area contributed by atoms with E-state index in [2.05, 4.69) is 0 Å². The monoisotopic (exact) mass is 451 g/mol.